The van der Waals surface area contributed by atoms with Gasteiger partial charge < -0.3 is 0 Å². The summed E-state index contributed by atoms with van der Waals surface area (Å²) < 4.78 is 23.4. The molecule has 3 N–H and O–H groups in total. The van der Waals surface area contributed by atoms with Crippen molar-refractivity contribution in [3.05, 3.63) is 16.6 Å². The van der Waals surface area contributed by atoms with Gasteiger partial charge in [0.05, 0.1) is 6.04 Å². The Morgan fingerprint density at radius 2 is 2.42 bits per heavy atom. The number of nitrogens with two attached hydrogens (primary N) is 1. The van der Waals surface area contributed by atoms with Crippen LogP contribution in [0.25, 0.3) is 0 Å². The third-order valence-electron chi connectivity index (χ3n) is 1.16. The van der Waals surface area contributed by atoms with Gasteiger partial charge in [0.25, 0.3) is 10.2 Å². The van der Waals surface area contributed by atoms with E-state index >= 15 is 0 Å². The van der Waals surface area contributed by atoms with Gasteiger partial charge in [0.1, 0.15) is 5.01 Å². The number of nitrogens with one attached hydrogen (secondary N) is 1. The molecule has 0 aliphatic heterocycles. The van der Waals surface area contributed by atoms with Crippen LogP contribution in [-0.4, -0.2) is 13.4 Å². The molecular weight excluding hydrogens is 198 g/mol. The topological polar surface area (TPSA) is 85.1 Å². The summed E-state index contributed by atoms with van der Waals surface area (Å²) in [5, 5.41) is 7.25. The van der Waals surface area contributed by atoms with Crippen molar-refractivity contribution in [3.8, 4) is 0 Å². The summed E-state index contributed by atoms with van der Waals surface area (Å²) in [4.78, 5) is 3.94. The van der Waals surface area contributed by atoms with Gasteiger partial charge in [-0.1, -0.05) is 0 Å². The number of hydrogen-bond donors (Lipinski definition) is 2. The first-order valence-corrected chi connectivity index (χ1v) is 5.61. The van der Waals surface area contributed by atoms with E-state index in [-0.39, 0.29) is 6.04 Å². The van der Waals surface area contributed by atoms with Crippen molar-refractivity contribution in [2.75, 3.05) is 0 Å². The summed E-state index contributed by atoms with van der Waals surface area (Å²) in [5.41, 5.74) is 0. The van der Waals surface area contributed by atoms with E-state index < -0.39 is 10.2 Å². The predicted octanol–water partition coefficient (Wildman–Crippen LogP) is -0.00280. The third kappa shape index (κ3) is 2.86. The van der Waals surface area contributed by atoms with Gasteiger partial charge in [-0.25, -0.2) is 10.1 Å². The molecule has 7 heteroatoms. The Kier molecular flexibility index (Phi) is 2.78. The molecule has 12 heavy (non-hydrogen) atoms. The fourth-order valence-corrected chi connectivity index (χ4v) is 2.07. The molecule has 0 radical (unpaired) electrons. The molecule has 0 saturated heterocycles. The molecular formula is C5H9N3O2S2. The summed E-state index contributed by atoms with van der Waals surface area (Å²) >= 11 is 1.38. The highest BCUT2D eigenvalue weighted by molar-refractivity contribution is 7.87. The number of hydrogen-bond acceptors (Lipinski definition) is 4. The predicted molar refractivity (Wildman–Crippen MR) is 46.8 cm³/mol. The minimum absolute atomic E-state index is 0.361. The van der Waals surface area contributed by atoms with Gasteiger partial charge >= 0.3 is 0 Å². The summed E-state index contributed by atoms with van der Waals surface area (Å²) in [5.74, 6) is 0. The average Bonchev–Trinajstić information content (AvgIpc) is 2.32. The summed E-state index contributed by atoms with van der Waals surface area (Å²) in [6.07, 6.45) is 1.61. The quantitative estimate of drug-likeness (QED) is 0.731. The molecule has 0 fully saturated rings. The van der Waals surface area contributed by atoms with Crippen molar-refractivity contribution in [2.24, 2.45) is 5.14 Å². The lowest BCUT2D eigenvalue weighted by Gasteiger charge is -2.07. The van der Waals surface area contributed by atoms with E-state index in [4.69, 9.17) is 5.14 Å². The maximum atomic E-state index is 10.6. The molecule has 0 bridgehead atoms. The average molecular weight is 207 g/mol. The minimum Gasteiger partial charge on any atom is -0.248 e. The molecule has 0 aliphatic carbocycles. The van der Waals surface area contributed by atoms with Gasteiger partial charge in [0.2, 0.25) is 0 Å². The number of aromatic nitrogens is 1. The number of rotatable bonds is 3. The first-order valence-electron chi connectivity index (χ1n) is 3.18. The van der Waals surface area contributed by atoms with Crippen molar-refractivity contribution in [3.63, 3.8) is 0 Å². The van der Waals surface area contributed by atoms with E-state index in [2.05, 4.69) is 9.71 Å². The first kappa shape index (κ1) is 9.59. The zero-order valence-corrected chi connectivity index (χ0v) is 8.02. The molecule has 1 unspecified atom stereocenters. The molecule has 1 rings (SSSR count). The van der Waals surface area contributed by atoms with E-state index in [1.807, 2.05) is 0 Å². The Hall–Kier alpha value is -0.500. The molecule has 1 aromatic heterocycles. The molecule has 68 valence electrons. The molecule has 0 spiro atoms. The van der Waals surface area contributed by atoms with E-state index in [1.54, 1.807) is 18.5 Å². The standard InChI is InChI=1S/C5H9N3O2S2/c1-4(8-12(6,9)10)5-7-2-3-11-5/h2-4,8H,1H3,(H2,6,9,10). The van der Waals surface area contributed by atoms with Gasteiger partial charge in [0.15, 0.2) is 0 Å². The van der Waals surface area contributed by atoms with E-state index in [1.165, 1.54) is 11.3 Å². The second-order valence-corrected chi connectivity index (χ2v) is 4.51. The Labute approximate surface area is 74.8 Å². The van der Waals surface area contributed by atoms with E-state index in [0.29, 0.717) is 5.01 Å². The van der Waals surface area contributed by atoms with E-state index in [9.17, 15) is 8.42 Å². The van der Waals surface area contributed by atoms with Crippen LogP contribution in [0, 0.1) is 0 Å². The molecule has 1 aromatic rings. The van der Waals surface area contributed by atoms with Crippen LogP contribution in [0.2, 0.25) is 0 Å². The maximum absolute atomic E-state index is 10.6. The normalized spacial score (nSPS) is 14.5. The monoisotopic (exact) mass is 207 g/mol. The lowest BCUT2D eigenvalue weighted by molar-refractivity contribution is 0.568. The molecule has 0 aromatic carbocycles. The highest BCUT2D eigenvalue weighted by Crippen LogP contribution is 2.14. The largest absolute Gasteiger partial charge is 0.275 e. The lowest BCUT2D eigenvalue weighted by atomic mass is 10.4. The SMILES string of the molecule is CC(NS(N)(=O)=O)c1nccs1. The fraction of sp³-hybridized carbons (Fsp3) is 0.400. The van der Waals surface area contributed by atoms with Crippen molar-refractivity contribution in [2.45, 2.75) is 13.0 Å². The third-order valence-corrected chi connectivity index (χ3v) is 2.80. The van der Waals surface area contributed by atoms with Crippen molar-refractivity contribution >= 4 is 21.5 Å². The van der Waals surface area contributed by atoms with Crippen LogP contribution in [0.1, 0.15) is 18.0 Å². The Morgan fingerprint density at radius 3 is 2.83 bits per heavy atom. The molecule has 1 atom stereocenters. The minimum atomic E-state index is -3.63. The zero-order chi connectivity index (χ0) is 9.19. The van der Waals surface area contributed by atoms with Crippen LogP contribution in [-0.2, 0) is 10.2 Å². The number of nitrogens with zero attached hydrogens (tertiary/aromatic N) is 1. The molecule has 0 aliphatic rings. The molecule has 1 heterocycles. The molecule has 0 amide bonds. The summed E-state index contributed by atoms with van der Waals surface area (Å²) in [7, 11) is -3.63. The molecule has 0 saturated carbocycles. The summed E-state index contributed by atoms with van der Waals surface area (Å²) in [6, 6.07) is -0.361. The maximum Gasteiger partial charge on any atom is 0.275 e. The summed E-state index contributed by atoms with van der Waals surface area (Å²) in [6.45, 7) is 1.68. The van der Waals surface area contributed by atoms with Crippen LogP contribution in [0.3, 0.4) is 0 Å². The van der Waals surface area contributed by atoms with E-state index in [0.717, 1.165) is 0 Å². The Bertz CT molecular complexity index is 332. The zero-order valence-electron chi connectivity index (χ0n) is 6.39. The highest BCUT2D eigenvalue weighted by Gasteiger charge is 2.12. The van der Waals surface area contributed by atoms with Gasteiger partial charge in [-0.05, 0) is 6.92 Å². The number of thiazole rings is 1. The van der Waals surface area contributed by atoms with Gasteiger partial charge in [0, 0.05) is 11.6 Å². The van der Waals surface area contributed by atoms with Gasteiger partial charge in [-0.3, -0.25) is 0 Å². The van der Waals surface area contributed by atoms with Crippen molar-refractivity contribution in [1.82, 2.24) is 9.71 Å². The van der Waals surface area contributed by atoms with Crippen LogP contribution < -0.4 is 9.86 Å². The van der Waals surface area contributed by atoms with Crippen LogP contribution in [0.15, 0.2) is 11.6 Å². The van der Waals surface area contributed by atoms with Crippen molar-refractivity contribution in [1.29, 1.82) is 0 Å². The van der Waals surface area contributed by atoms with Crippen LogP contribution in [0.5, 0.6) is 0 Å². The van der Waals surface area contributed by atoms with Crippen LogP contribution >= 0.6 is 11.3 Å². The Morgan fingerprint density at radius 1 is 1.75 bits per heavy atom. The fourth-order valence-electron chi connectivity index (χ4n) is 0.745. The second-order valence-electron chi connectivity index (χ2n) is 2.25. The van der Waals surface area contributed by atoms with Gasteiger partial charge in [-0.15, -0.1) is 11.3 Å². The first-order chi connectivity index (χ1) is 5.49. The Balaban J connectivity index is 2.68. The highest BCUT2D eigenvalue weighted by atomic mass is 32.2. The smallest absolute Gasteiger partial charge is 0.248 e. The van der Waals surface area contributed by atoms with Crippen molar-refractivity contribution < 1.29 is 8.42 Å². The molecule has 5 nitrogen and oxygen atoms in total. The van der Waals surface area contributed by atoms with Crippen LogP contribution in [0.4, 0.5) is 0 Å². The lowest BCUT2D eigenvalue weighted by Crippen LogP contribution is -2.32. The van der Waals surface area contributed by atoms with Gasteiger partial charge in [-0.2, -0.15) is 13.1 Å². The second kappa shape index (κ2) is 3.48.